The van der Waals surface area contributed by atoms with Gasteiger partial charge in [-0.25, -0.2) is 0 Å². The molecule has 0 spiro atoms. The zero-order chi connectivity index (χ0) is 15.5. The lowest BCUT2D eigenvalue weighted by molar-refractivity contribution is -0.00593. The fourth-order valence-electron chi connectivity index (χ4n) is 2.81. The minimum absolute atomic E-state index is 0.193. The van der Waals surface area contributed by atoms with Crippen LogP contribution >= 0.6 is 23.2 Å². The molecule has 0 radical (unpaired) electrons. The van der Waals surface area contributed by atoms with Crippen LogP contribution in [0.1, 0.15) is 37.8 Å². The van der Waals surface area contributed by atoms with Crippen LogP contribution in [0.25, 0.3) is 0 Å². The average molecular weight is 331 g/mol. The summed E-state index contributed by atoms with van der Waals surface area (Å²) in [6.07, 6.45) is 2.66. The van der Waals surface area contributed by atoms with Gasteiger partial charge in [0, 0.05) is 19.1 Å². The van der Waals surface area contributed by atoms with Gasteiger partial charge in [0.25, 0.3) is 0 Å². The molecule has 2 rings (SSSR count). The largest absolute Gasteiger partial charge is 0.390 e. The SMILES string of the molecule is CNC(CCN1CCC(C)(O)CC1)c1cccc(Cl)c1Cl. The molecular formula is C16H24Cl2N2O. The van der Waals surface area contributed by atoms with E-state index in [2.05, 4.69) is 10.2 Å². The molecule has 1 aliphatic rings. The van der Waals surface area contributed by atoms with Crippen LogP contribution in [0.2, 0.25) is 10.0 Å². The van der Waals surface area contributed by atoms with Crippen molar-refractivity contribution < 1.29 is 5.11 Å². The summed E-state index contributed by atoms with van der Waals surface area (Å²) < 4.78 is 0. The summed E-state index contributed by atoms with van der Waals surface area (Å²) in [7, 11) is 1.95. The molecule has 1 aliphatic heterocycles. The van der Waals surface area contributed by atoms with Gasteiger partial charge in [0.1, 0.15) is 0 Å². The molecule has 0 aromatic heterocycles. The number of hydrogen-bond acceptors (Lipinski definition) is 3. The monoisotopic (exact) mass is 330 g/mol. The van der Waals surface area contributed by atoms with Crippen molar-refractivity contribution >= 4 is 23.2 Å². The number of aliphatic hydroxyl groups is 1. The molecule has 0 amide bonds. The van der Waals surface area contributed by atoms with Crippen LogP contribution in [0, 0.1) is 0 Å². The summed E-state index contributed by atoms with van der Waals surface area (Å²) in [5, 5.41) is 14.6. The fraction of sp³-hybridized carbons (Fsp3) is 0.625. The zero-order valence-corrected chi connectivity index (χ0v) is 14.2. The number of piperidine rings is 1. The van der Waals surface area contributed by atoms with Gasteiger partial charge >= 0.3 is 0 Å². The first-order valence-corrected chi connectivity index (χ1v) is 8.24. The number of benzene rings is 1. The second-order valence-corrected chi connectivity index (χ2v) is 6.90. The van der Waals surface area contributed by atoms with E-state index >= 15 is 0 Å². The van der Waals surface area contributed by atoms with Crippen molar-refractivity contribution in [2.24, 2.45) is 0 Å². The first-order chi connectivity index (χ1) is 9.93. The molecule has 1 heterocycles. The van der Waals surface area contributed by atoms with Crippen LogP contribution in [0.15, 0.2) is 18.2 Å². The van der Waals surface area contributed by atoms with E-state index < -0.39 is 5.60 Å². The van der Waals surface area contributed by atoms with Crippen LogP contribution < -0.4 is 5.32 Å². The first kappa shape index (κ1) is 17.0. The standard InChI is InChI=1S/C16H24Cl2N2O/c1-16(21)7-10-20(11-8-16)9-6-14(19-2)12-4-3-5-13(17)15(12)18/h3-5,14,19,21H,6-11H2,1-2H3. The smallest absolute Gasteiger partial charge is 0.0644 e. The Kier molecular flexibility index (Phi) is 5.92. The summed E-state index contributed by atoms with van der Waals surface area (Å²) in [5.41, 5.74) is 0.561. The summed E-state index contributed by atoms with van der Waals surface area (Å²) in [4.78, 5) is 2.40. The highest BCUT2D eigenvalue weighted by Gasteiger charge is 2.27. The summed E-state index contributed by atoms with van der Waals surface area (Å²) >= 11 is 12.4. The van der Waals surface area contributed by atoms with E-state index in [4.69, 9.17) is 23.2 Å². The van der Waals surface area contributed by atoms with E-state index in [1.54, 1.807) is 0 Å². The van der Waals surface area contributed by atoms with Crippen LogP contribution in [-0.2, 0) is 0 Å². The quantitative estimate of drug-likeness (QED) is 0.867. The Morgan fingerprint density at radius 2 is 2.00 bits per heavy atom. The summed E-state index contributed by atoms with van der Waals surface area (Å²) in [5.74, 6) is 0. The maximum absolute atomic E-state index is 9.99. The highest BCUT2D eigenvalue weighted by Crippen LogP contribution is 2.31. The van der Waals surface area contributed by atoms with Gasteiger partial charge in [0.2, 0.25) is 0 Å². The first-order valence-electron chi connectivity index (χ1n) is 7.49. The second-order valence-electron chi connectivity index (χ2n) is 6.11. The third kappa shape index (κ3) is 4.57. The van der Waals surface area contributed by atoms with Crippen LogP contribution in [0.3, 0.4) is 0 Å². The Labute approximate surface area is 137 Å². The van der Waals surface area contributed by atoms with Gasteiger partial charge < -0.3 is 15.3 Å². The molecule has 1 fully saturated rings. The average Bonchev–Trinajstić information content (AvgIpc) is 2.45. The Morgan fingerprint density at radius 1 is 1.33 bits per heavy atom. The van der Waals surface area contributed by atoms with E-state index in [0.717, 1.165) is 44.5 Å². The lowest BCUT2D eigenvalue weighted by atomic mass is 9.93. The summed E-state index contributed by atoms with van der Waals surface area (Å²) in [6.45, 7) is 4.82. The number of halogens is 2. The Bertz CT molecular complexity index is 469. The molecule has 3 nitrogen and oxygen atoms in total. The lowest BCUT2D eigenvalue weighted by Gasteiger charge is -2.36. The molecule has 5 heteroatoms. The van der Waals surface area contributed by atoms with Crippen molar-refractivity contribution in [2.45, 2.75) is 37.8 Å². The maximum Gasteiger partial charge on any atom is 0.0644 e. The zero-order valence-electron chi connectivity index (χ0n) is 12.7. The predicted molar refractivity (Wildman–Crippen MR) is 89.2 cm³/mol. The van der Waals surface area contributed by atoms with Gasteiger partial charge in [-0.05, 0) is 51.4 Å². The minimum Gasteiger partial charge on any atom is -0.390 e. The maximum atomic E-state index is 9.99. The number of hydrogen-bond donors (Lipinski definition) is 2. The van der Waals surface area contributed by atoms with Crippen LogP contribution in [0.4, 0.5) is 0 Å². The molecule has 2 N–H and O–H groups in total. The Balaban J connectivity index is 1.93. The third-order valence-electron chi connectivity index (χ3n) is 4.37. The van der Waals surface area contributed by atoms with Crippen molar-refractivity contribution in [3.05, 3.63) is 33.8 Å². The van der Waals surface area contributed by atoms with Gasteiger partial charge in [0.05, 0.1) is 15.6 Å². The highest BCUT2D eigenvalue weighted by atomic mass is 35.5. The predicted octanol–water partition coefficient (Wildman–Crippen LogP) is 3.49. The van der Waals surface area contributed by atoms with Crippen LogP contribution in [-0.4, -0.2) is 42.3 Å². The molecule has 1 aromatic rings. The van der Waals surface area contributed by atoms with Gasteiger partial charge in [-0.1, -0.05) is 35.3 Å². The third-order valence-corrected chi connectivity index (χ3v) is 5.21. The molecule has 21 heavy (non-hydrogen) atoms. The van der Waals surface area contributed by atoms with Crippen LogP contribution in [0.5, 0.6) is 0 Å². The van der Waals surface area contributed by atoms with Gasteiger partial charge in [-0.2, -0.15) is 0 Å². The van der Waals surface area contributed by atoms with Crippen molar-refractivity contribution in [3.63, 3.8) is 0 Å². The Morgan fingerprint density at radius 3 is 2.62 bits per heavy atom. The minimum atomic E-state index is -0.491. The van der Waals surface area contributed by atoms with E-state index in [-0.39, 0.29) is 6.04 Å². The molecule has 1 saturated heterocycles. The van der Waals surface area contributed by atoms with Gasteiger partial charge in [-0.3, -0.25) is 0 Å². The molecule has 1 aromatic carbocycles. The van der Waals surface area contributed by atoms with Crippen molar-refractivity contribution in [1.82, 2.24) is 10.2 Å². The number of nitrogens with zero attached hydrogens (tertiary/aromatic N) is 1. The Hall–Kier alpha value is -0.320. The molecule has 118 valence electrons. The second kappa shape index (κ2) is 7.30. The number of nitrogens with one attached hydrogen (secondary N) is 1. The van der Waals surface area contributed by atoms with Crippen molar-refractivity contribution in [2.75, 3.05) is 26.7 Å². The molecule has 0 saturated carbocycles. The highest BCUT2D eigenvalue weighted by molar-refractivity contribution is 6.42. The van der Waals surface area contributed by atoms with Gasteiger partial charge in [0.15, 0.2) is 0 Å². The molecular weight excluding hydrogens is 307 g/mol. The van der Waals surface area contributed by atoms with Crippen molar-refractivity contribution in [3.8, 4) is 0 Å². The van der Waals surface area contributed by atoms with Gasteiger partial charge in [-0.15, -0.1) is 0 Å². The molecule has 1 unspecified atom stereocenters. The molecule has 0 bridgehead atoms. The number of likely N-dealkylation sites (tertiary alicyclic amines) is 1. The fourth-order valence-corrected chi connectivity index (χ4v) is 3.25. The van der Waals surface area contributed by atoms with E-state index in [1.165, 1.54) is 0 Å². The molecule has 0 aliphatic carbocycles. The lowest BCUT2D eigenvalue weighted by Crippen LogP contribution is -2.43. The summed E-state index contributed by atoms with van der Waals surface area (Å²) in [6, 6.07) is 5.97. The van der Waals surface area contributed by atoms with E-state index in [0.29, 0.717) is 10.0 Å². The number of rotatable bonds is 5. The van der Waals surface area contributed by atoms with E-state index in [9.17, 15) is 5.11 Å². The molecule has 1 atom stereocenters. The van der Waals surface area contributed by atoms with Crippen molar-refractivity contribution in [1.29, 1.82) is 0 Å². The normalized spacial score (nSPS) is 20.4. The topological polar surface area (TPSA) is 35.5 Å². The van der Waals surface area contributed by atoms with E-state index in [1.807, 2.05) is 32.2 Å².